The molecule has 0 aliphatic heterocycles. The van der Waals surface area contributed by atoms with Crippen LogP contribution in [0, 0.1) is 0 Å². The Balaban J connectivity index is 3.92. The lowest BCUT2D eigenvalue weighted by molar-refractivity contribution is -0.143. The van der Waals surface area contributed by atoms with Crippen LogP contribution in [0.5, 0.6) is 0 Å². The number of hydrogen-bond donors (Lipinski definition) is 1. The van der Waals surface area contributed by atoms with E-state index in [0.29, 0.717) is 6.61 Å². The van der Waals surface area contributed by atoms with E-state index in [1.54, 1.807) is 0 Å². The van der Waals surface area contributed by atoms with Crippen LogP contribution in [0.15, 0.2) is 0 Å². The van der Waals surface area contributed by atoms with Gasteiger partial charge in [-0.25, -0.2) is 0 Å². The zero-order valence-corrected chi connectivity index (χ0v) is 10.4. The molecule has 0 radical (unpaired) electrons. The largest absolute Gasteiger partial charge is 0.481 e. The van der Waals surface area contributed by atoms with Gasteiger partial charge in [-0.05, 0) is 13.3 Å². The monoisotopic (exact) mass is 250 g/mol. The topological polar surface area (TPSA) is 80.7 Å². The summed E-state index contributed by atoms with van der Waals surface area (Å²) in [6.07, 6.45) is 1.50. The van der Waals surface area contributed by atoms with Crippen molar-refractivity contribution in [3.05, 3.63) is 0 Å². The van der Waals surface area contributed by atoms with E-state index in [1.807, 2.05) is 6.92 Å². The van der Waals surface area contributed by atoms with Gasteiger partial charge in [0.05, 0.1) is 13.0 Å². The Bertz CT molecular complexity index is 264. The Morgan fingerprint density at radius 3 is 2.56 bits per heavy atom. The van der Waals surface area contributed by atoms with Gasteiger partial charge in [0.2, 0.25) is 0 Å². The van der Waals surface area contributed by atoms with Crippen LogP contribution in [-0.2, 0) is 25.1 Å². The molecule has 0 saturated carbocycles. The van der Waals surface area contributed by atoms with Crippen molar-refractivity contribution in [1.29, 1.82) is 0 Å². The third kappa shape index (κ3) is 6.55. The van der Waals surface area contributed by atoms with Gasteiger partial charge in [-0.3, -0.25) is 13.8 Å². The first-order valence-electron chi connectivity index (χ1n) is 5.24. The summed E-state index contributed by atoms with van der Waals surface area (Å²) < 4.78 is 16.4. The highest BCUT2D eigenvalue weighted by atomic mass is 32.2. The SMILES string of the molecule is CCCCOC(=O)C(C)S(=O)CCC(=O)O. The first-order valence-corrected chi connectivity index (χ1v) is 6.62. The number of carbonyl (C=O) groups excluding carboxylic acids is 1. The standard InChI is InChI=1S/C10H18O5S/c1-3-4-6-15-10(13)8(2)16(14)7-5-9(11)12/h8H,3-7H2,1-2H3,(H,11,12). The Labute approximate surface area is 97.6 Å². The Kier molecular flexibility index (Phi) is 7.80. The molecule has 0 aliphatic carbocycles. The summed E-state index contributed by atoms with van der Waals surface area (Å²) in [5.41, 5.74) is 0. The van der Waals surface area contributed by atoms with Gasteiger partial charge >= 0.3 is 11.9 Å². The lowest BCUT2D eigenvalue weighted by Gasteiger charge is -2.10. The molecular formula is C10H18O5S. The van der Waals surface area contributed by atoms with Crippen molar-refractivity contribution in [2.75, 3.05) is 12.4 Å². The molecule has 0 aromatic heterocycles. The van der Waals surface area contributed by atoms with E-state index in [0.717, 1.165) is 12.8 Å². The minimum Gasteiger partial charge on any atom is -0.481 e. The van der Waals surface area contributed by atoms with E-state index >= 15 is 0 Å². The second kappa shape index (κ2) is 8.27. The number of carboxylic acid groups (broad SMARTS) is 1. The van der Waals surface area contributed by atoms with Crippen LogP contribution in [0.1, 0.15) is 33.1 Å². The number of carboxylic acids is 1. The van der Waals surface area contributed by atoms with E-state index in [1.165, 1.54) is 6.92 Å². The van der Waals surface area contributed by atoms with Crippen molar-refractivity contribution >= 4 is 22.7 Å². The second-order valence-electron chi connectivity index (χ2n) is 3.39. The van der Waals surface area contributed by atoms with Crippen LogP contribution < -0.4 is 0 Å². The first kappa shape index (κ1) is 15.1. The zero-order chi connectivity index (χ0) is 12.6. The summed E-state index contributed by atoms with van der Waals surface area (Å²) in [5, 5.41) is 7.65. The van der Waals surface area contributed by atoms with Gasteiger partial charge in [-0.2, -0.15) is 0 Å². The molecule has 0 amide bonds. The Hall–Kier alpha value is -0.910. The number of unbranched alkanes of at least 4 members (excludes halogenated alkanes) is 1. The van der Waals surface area contributed by atoms with Gasteiger partial charge in [0.15, 0.2) is 0 Å². The van der Waals surface area contributed by atoms with Crippen LogP contribution in [0.4, 0.5) is 0 Å². The van der Waals surface area contributed by atoms with Gasteiger partial charge in [-0.1, -0.05) is 13.3 Å². The Morgan fingerprint density at radius 2 is 2.06 bits per heavy atom. The third-order valence-electron chi connectivity index (χ3n) is 1.99. The number of ether oxygens (including phenoxy) is 1. The first-order chi connectivity index (χ1) is 7.49. The quantitative estimate of drug-likeness (QED) is 0.512. The molecule has 2 unspecified atom stereocenters. The van der Waals surface area contributed by atoms with E-state index in [-0.39, 0.29) is 12.2 Å². The van der Waals surface area contributed by atoms with Crippen LogP contribution in [0.2, 0.25) is 0 Å². The molecule has 6 heteroatoms. The molecule has 0 bridgehead atoms. The second-order valence-corrected chi connectivity index (χ2v) is 5.27. The summed E-state index contributed by atoms with van der Waals surface area (Å²) >= 11 is 0. The van der Waals surface area contributed by atoms with E-state index in [9.17, 15) is 13.8 Å². The highest BCUT2D eigenvalue weighted by molar-refractivity contribution is 7.86. The molecule has 2 atom stereocenters. The number of rotatable bonds is 8. The third-order valence-corrected chi connectivity index (χ3v) is 3.57. The van der Waals surface area contributed by atoms with Crippen LogP contribution in [0.3, 0.4) is 0 Å². The van der Waals surface area contributed by atoms with Gasteiger partial charge in [-0.15, -0.1) is 0 Å². The van der Waals surface area contributed by atoms with Crippen LogP contribution in [0.25, 0.3) is 0 Å². The molecule has 0 heterocycles. The summed E-state index contributed by atoms with van der Waals surface area (Å²) in [7, 11) is -1.48. The fraction of sp³-hybridized carbons (Fsp3) is 0.800. The molecule has 94 valence electrons. The predicted octanol–water partition coefficient (Wildman–Crippen LogP) is 0.942. The van der Waals surface area contributed by atoms with Crippen molar-refractivity contribution < 1.29 is 23.6 Å². The molecule has 0 aromatic carbocycles. The smallest absolute Gasteiger partial charge is 0.321 e. The molecule has 0 aliphatic rings. The number of aliphatic carboxylic acids is 1. The molecule has 0 saturated heterocycles. The van der Waals surface area contributed by atoms with Gasteiger partial charge in [0.25, 0.3) is 0 Å². The molecule has 0 spiro atoms. The van der Waals surface area contributed by atoms with Crippen molar-refractivity contribution in [2.45, 2.75) is 38.4 Å². The normalized spacial score (nSPS) is 14.1. The number of hydrogen-bond acceptors (Lipinski definition) is 4. The molecule has 0 rings (SSSR count). The van der Waals surface area contributed by atoms with Gasteiger partial charge < -0.3 is 9.84 Å². The van der Waals surface area contributed by atoms with E-state index in [2.05, 4.69) is 0 Å². The maximum Gasteiger partial charge on any atom is 0.321 e. The minimum absolute atomic E-state index is 0.0145. The van der Waals surface area contributed by atoms with Crippen molar-refractivity contribution in [3.63, 3.8) is 0 Å². The maximum atomic E-state index is 11.5. The highest BCUT2D eigenvalue weighted by Crippen LogP contribution is 2.02. The summed E-state index contributed by atoms with van der Waals surface area (Å²) in [5.74, 6) is -1.54. The fourth-order valence-electron chi connectivity index (χ4n) is 0.906. The average Bonchev–Trinajstić information content (AvgIpc) is 2.24. The molecule has 16 heavy (non-hydrogen) atoms. The molecule has 0 fully saturated rings. The summed E-state index contributed by atoms with van der Waals surface area (Å²) in [4.78, 5) is 21.6. The van der Waals surface area contributed by atoms with E-state index < -0.39 is 28.0 Å². The molecule has 1 N–H and O–H groups in total. The van der Waals surface area contributed by atoms with Crippen molar-refractivity contribution in [1.82, 2.24) is 0 Å². The zero-order valence-electron chi connectivity index (χ0n) is 9.60. The Morgan fingerprint density at radius 1 is 1.44 bits per heavy atom. The van der Waals surface area contributed by atoms with Crippen molar-refractivity contribution in [3.8, 4) is 0 Å². The maximum absolute atomic E-state index is 11.5. The highest BCUT2D eigenvalue weighted by Gasteiger charge is 2.21. The average molecular weight is 250 g/mol. The van der Waals surface area contributed by atoms with Crippen LogP contribution >= 0.6 is 0 Å². The molecule has 0 aromatic rings. The van der Waals surface area contributed by atoms with Gasteiger partial charge in [0.1, 0.15) is 5.25 Å². The lowest BCUT2D eigenvalue weighted by atomic mass is 10.4. The van der Waals surface area contributed by atoms with Crippen LogP contribution in [-0.4, -0.2) is 38.9 Å². The minimum atomic E-state index is -1.48. The fourth-order valence-corrected chi connectivity index (χ4v) is 1.92. The molecule has 5 nitrogen and oxygen atoms in total. The van der Waals surface area contributed by atoms with Crippen molar-refractivity contribution in [2.24, 2.45) is 0 Å². The summed E-state index contributed by atoms with van der Waals surface area (Å²) in [6, 6.07) is 0. The lowest BCUT2D eigenvalue weighted by Crippen LogP contribution is -2.27. The molecular weight excluding hydrogens is 232 g/mol. The number of carbonyl (C=O) groups is 2. The summed E-state index contributed by atoms with van der Waals surface area (Å²) in [6.45, 7) is 3.80. The number of esters is 1. The van der Waals surface area contributed by atoms with E-state index in [4.69, 9.17) is 9.84 Å². The van der Waals surface area contributed by atoms with Gasteiger partial charge in [0, 0.05) is 16.6 Å². The predicted molar refractivity (Wildman–Crippen MR) is 60.6 cm³/mol.